The highest BCUT2D eigenvalue weighted by Gasteiger charge is 2.31. The molecule has 0 aliphatic rings. The molecular formula is C11H15NO3. The van der Waals surface area contributed by atoms with Crippen molar-refractivity contribution in [2.75, 3.05) is 6.73 Å². The van der Waals surface area contributed by atoms with E-state index in [-0.39, 0.29) is 6.73 Å². The summed E-state index contributed by atoms with van der Waals surface area (Å²) >= 11 is 0. The van der Waals surface area contributed by atoms with Gasteiger partial charge in [0.1, 0.15) is 12.5 Å². The fraction of sp³-hybridized carbons (Fsp3) is 0.364. The van der Waals surface area contributed by atoms with Gasteiger partial charge in [-0.25, -0.2) is 4.79 Å². The maximum atomic E-state index is 11.4. The summed E-state index contributed by atoms with van der Waals surface area (Å²) in [7, 11) is 0. The molecule has 0 heterocycles. The summed E-state index contributed by atoms with van der Waals surface area (Å²) in [4.78, 5) is 11.4. The highest BCUT2D eigenvalue weighted by molar-refractivity contribution is 5.79. The molecule has 0 unspecified atom stereocenters. The van der Waals surface area contributed by atoms with Crippen LogP contribution >= 0.6 is 0 Å². The fourth-order valence-electron chi connectivity index (χ4n) is 1.07. The van der Waals surface area contributed by atoms with Crippen LogP contribution < -0.4 is 10.5 Å². The minimum absolute atomic E-state index is 0.138. The first-order valence-electron chi connectivity index (χ1n) is 4.67. The van der Waals surface area contributed by atoms with E-state index in [9.17, 15) is 4.79 Å². The van der Waals surface area contributed by atoms with Crippen molar-refractivity contribution in [3.8, 4) is 5.75 Å². The van der Waals surface area contributed by atoms with Crippen molar-refractivity contribution in [3.63, 3.8) is 0 Å². The van der Waals surface area contributed by atoms with E-state index in [0.29, 0.717) is 5.75 Å². The zero-order valence-corrected chi connectivity index (χ0v) is 8.90. The first-order chi connectivity index (χ1) is 7.06. The van der Waals surface area contributed by atoms with Gasteiger partial charge < -0.3 is 9.47 Å². The first-order valence-corrected chi connectivity index (χ1v) is 4.67. The van der Waals surface area contributed by atoms with Gasteiger partial charge in [-0.3, -0.25) is 5.73 Å². The standard InChI is InChI=1S/C11H15NO3/c1-11(2,10(13)14-8-12)15-9-6-4-3-5-7-9/h3-7H,8,12H2,1-2H3. The molecule has 4 nitrogen and oxygen atoms in total. The number of carbonyl (C=O) groups is 1. The highest BCUT2D eigenvalue weighted by atomic mass is 16.6. The summed E-state index contributed by atoms with van der Waals surface area (Å²) in [5, 5.41) is 0. The summed E-state index contributed by atoms with van der Waals surface area (Å²) in [6.07, 6.45) is 0. The van der Waals surface area contributed by atoms with E-state index >= 15 is 0 Å². The molecule has 0 aliphatic heterocycles. The van der Waals surface area contributed by atoms with Crippen LogP contribution in [0.1, 0.15) is 13.8 Å². The van der Waals surface area contributed by atoms with E-state index in [2.05, 4.69) is 0 Å². The molecule has 0 aromatic heterocycles. The van der Waals surface area contributed by atoms with Crippen LogP contribution in [0.5, 0.6) is 5.75 Å². The second-order valence-electron chi connectivity index (χ2n) is 3.52. The summed E-state index contributed by atoms with van der Waals surface area (Å²) in [5.74, 6) is 0.144. The van der Waals surface area contributed by atoms with Crippen LogP contribution in [0.25, 0.3) is 0 Å². The third kappa shape index (κ3) is 3.25. The number of para-hydroxylation sites is 1. The number of nitrogens with two attached hydrogens (primary N) is 1. The smallest absolute Gasteiger partial charge is 0.351 e. The van der Waals surface area contributed by atoms with Crippen LogP contribution in [0.4, 0.5) is 0 Å². The van der Waals surface area contributed by atoms with Crippen LogP contribution in [-0.4, -0.2) is 18.3 Å². The number of carbonyl (C=O) groups excluding carboxylic acids is 1. The van der Waals surface area contributed by atoms with Gasteiger partial charge in [0.15, 0.2) is 5.60 Å². The van der Waals surface area contributed by atoms with E-state index in [1.807, 2.05) is 18.2 Å². The van der Waals surface area contributed by atoms with E-state index < -0.39 is 11.6 Å². The Balaban J connectivity index is 2.68. The van der Waals surface area contributed by atoms with Gasteiger partial charge in [-0.2, -0.15) is 0 Å². The van der Waals surface area contributed by atoms with Crippen molar-refractivity contribution in [1.82, 2.24) is 0 Å². The van der Waals surface area contributed by atoms with Crippen molar-refractivity contribution >= 4 is 5.97 Å². The van der Waals surface area contributed by atoms with Crippen molar-refractivity contribution in [3.05, 3.63) is 30.3 Å². The Kier molecular flexibility index (Phi) is 3.68. The molecule has 1 aromatic rings. The molecule has 0 atom stereocenters. The molecule has 15 heavy (non-hydrogen) atoms. The molecule has 0 saturated carbocycles. The Morgan fingerprint density at radius 1 is 1.33 bits per heavy atom. The van der Waals surface area contributed by atoms with Gasteiger partial charge >= 0.3 is 5.97 Å². The zero-order chi connectivity index (χ0) is 11.3. The lowest BCUT2D eigenvalue weighted by molar-refractivity contribution is -0.159. The molecule has 0 aliphatic carbocycles. The molecule has 1 rings (SSSR count). The number of ether oxygens (including phenoxy) is 2. The molecule has 4 heteroatoms. The molecule has 0 radical (unpaired) electrons. The third-order valence-electron chi connectivity index (χ3n) is 1.82. The molecule has 82 valence electrons. The van der Waals surface area contributed by atoms with Crippen LogP contribution in [-0.2, 0) is 9.53 Å². The fourth-order valence-corrected chi connectivity index (χ4v) is 1.07. The Morgan fingerprint density at radius 2 is 1.93 bits per heavy atom. The Bertz CT molecular complexity index is 322. The minimum atomic E-state index is -1.03. The summed E-state index contributed by atoms with van der Waals surface area (Å²) in [5.41, 5.74) is 4.09. The van der Waals surface area contributed by atoms with Crippen molar-refractivity contribution in [1.29, 1.82) is 0 Å². The quantitative estimate of drug-likeness (QED) is 0.599. The van der Waals surface area contributed by atoms with Gasteiger partial charge in [0.2, 0.25) is 0 Å². The molecule has 0 amide bonds. The van der Waals surface area contributed by atoms with Crippen LogP contribution in [0.15, 0.2) is 30.3 Å². The van der Waals surface area contributed by atoms with Gasteiger partial charge in [0, 0.05) is 0 Å². The van der Waals surface area contributed by atoms with Gasteiger partial charge in [-0.15, -0.1) is 0 Å². The van der Waals surface area contributed by atoms with Gasteiger partial charge in [-0.1, -0.05) is 18.2 Å². The maximum Gasteiger partial charge on any atom is 0.351 e. The van der Waals surface area contributed by atoms with Gasteiger partial charge in [-0.05, 0) is 26.0 Å². The number of hydrogen-bond donors (Lipinski definition) is 1. The summed E-state index contributed by atoms with van der Waals surface area (Å²) < 4.78 is 10.2. The number of benzene rings is 1. The van der Waals surface area contributed by atoms with Gasteiger partial charge in [0.05, 0.1) is 0 Å². The summed E-state index contributed by atoms with van der Waals surface area (Å²) in [6.45, 7) is 3.14. The van der Waals surface area contributed by atoms with E-state index in [0.717, 1.165) is 0 Å². The molecule has 0 spiro atoms. The molecular weight excluding hydrogens is 194 g/mol. The van der Waals surface area contributed by atoms with Gasteiger partial charge in [0.25, 0.3) is 0 Å². The SMILES string of the molecule is CC(C)(Oc1ccccc1)C(=O)OCN. The van der Waals surface area contributed by atoms with E-state index in [1.54, 1.807) is 26.0 Å². The largest absolute Gasteiger partial charge is 0.476 e. The second kappa shape index (κ2) is 4.79. The lowest BCUT2D eigenvalue weighted by Gasteiger charge is -2.23. The van der Waals surface area contributed by atoms with Crippen LogP contribution in [0.2, 0.25) is 0 Å². The van der Waals surface area contributed by atoms with E-state index in [1.165, 1.54) is 0 Å². The lowest BCUT2D eigenvalue weighted by atomic mass is 10.1. The topological polar surface area (TPSA) is 61.5 Å². The van der Waals surface area contributed by atoms with Crippen LogP contribution in [0, 0.1) is 0 Å². The maximum absolute atomic E-state index is 11.4. The molecule has 0 saturated heterocycles. The van der Waals surface area contributed by atoms with E-state index in [4.69, 9.17) is 15.2 Å². The predicted octanol–water partition coefficient (Wildman–Crippen LogP) is 1.30. The van der Waals surface area contributed by atoms with Crippen LogP contribution in [0.3, 0.4) is 0 Å². The second-order valence-corrected chi connectivity index (χ2v) is 3.52. The normalized spacial score (nSPS) is 10.9. The number of rotatable bonds is 4. The summed E-state index contributed by atoms with van der Waals surface area (Å²) in [6, 6.07) is 9.09. The predicted molar refractivity (Wildman–Crippen MR) is 56.3 cm³/mol. The minimum Gasteiger partial charge on any atom is -0.476 e. The Hall–Kier alpha value is -1.55. The van der Waals surface area contributed by atoms with Crippen molar-refractivity contribution in [2.45, 2.75) is 19.4 Å². The zero-order valence-electron chi connectivity index (χ0n) is 8.90. The van der Waals surface area contributed by atoms with Crippen molar-refractivity contribution < 1.29 is 14.3 Å². The highest BCUT2D eigenvalue weighted by Crippen LogP contribution is 2.18. The average molecular weight is 209 g/mol. The molecule has 0 fully saturated rings. The Morgan fingerprint density at radius 3 is 2.47 bits per heavy atom. The first kappa shape index (κ1) is 11.5. The molecule has 0 bridgehead atoms. The molecule has 1 aromatic carbocycles. The lowest BCUT2D eigenvalue weighted by Crippen LogP contribution is -2.40. The molecule has 2 N–H and O–H groups in total. The third-order valence-corrected chi connectivity index (χ3v) is 1.82. The number of hydrogen-bond acceptors (Lipinski definition) is 4. The monoisotopic (exact) mass is 209 g/mol. The van der Waals surface area contributed by atoms with Crippen molar-refractivity contribution in [2.24, 2.45) is 5.73 Å². The number of esters is 1. The average Bonchev–Trinajstić information content (AvgIpc) is 2.19. The Labute approximate surface area is 89.0 Å².